The molecule has 3 aromatic carbocycles. The topological polar surface area (TPSA) is 89.3 Å². The molecule has 8 nitrogen and oxygen atoms in total. The fourth-order valence-electron chi connectivity index (χ4n) is 5.40. The number of amides is 2. The van der Waals surface area contributed by atoms with Gasteiger partial charge in [-0.3, -0.25) is 9.59 Å². The Morgan fingerprint density at radius 2 is 1.82 bits per heavy atom. The van der Waals surface area contributed by atoms with E-state index in [2.05, 4.69) is 15.6 Å². The van der Waals surface area contributed by atoms with Gasteiger partial charge in [-0.1, -0.05) is 52.7 Å². The van der Waals surface area contributed by atoms with E-state index >= 15 is 0 Å². The number of nitrogens with zero attached hydrogens (tertiary/aromatic N) is 4. The molecule has 0 saturated heterocycles. The van der Waals surface area contributed by atoms with Crippen molar-refractivity contribution in [3.8, 4) is 5.75 Å². The van der Waals surface area contributed by atoms with Crippen molar-refractivity contribution in [2.45, 2.75) is 31.3 Å². The highest BCUT2D eigenvalue weighted by Gasteiger charge is 2.58. The number of ether oxygens (including phenoxy) is 1. The van der Waals surface area contributed by atoms with E-state index in [4.69, 9.17) is 27.9 Å². The number of hydrogen-bond acceptors (Lipinski definition) is 5. The summed E-state index contributed by atoms with van der Waals surface area (Å²) in [7, 11) is 1.60. The summed E-state index contributed by atoms with van der Waals surface area (Å²) in [5, 5.41) is 12.9. The number of nitrogens with one attached hydrogen (secondary N) is 1. The van der Waals surface area contributed by atoms with E-state index < -0.39 is 5.41 Å². The molecule has 2 atom stereocenters. The maximum absolute atomic E-state index is 14.4. The van der Waals surface area contributed by atoms with Crippen LogP contribution in [-0.4, -0.2) is 33.9 Å². The van der Waals surface area contributed by atoms with Crippen molar-refractivity contribution >= 4 is 46.5 Å². The van der Waals surface area contributed by atoms with E-state index in [1.807, 2.05) is 49.4 Å². The maximum Gasteiger partial charge on any atom is 0.244 e. The Bertz CT molecular complexity index is 1590. The molecule has 0 saturated carbocycles. The first-order valence-electron chi connectivity index (χ1n) is 12.1. The first-order chi connectivity index (χ1) is 18.3. The third kappa shape index (κ3) is 3.75. The van der Waals surface area contributed by atoms with E-state index in [1.165, 1.54) is 0 Å². The lowest BCUT2D eigenvalue weighted by molar-refractivity contribution is -0.126. The standard InChI is InChI=1S/C28H23Cl2N5O3/c1-16(18-6-8-19(29)9-7-18)35-26-25(32-33-35)28(14-24(36)31-26)22-13-20(30)10-11-23(22)34(27(28)37)15-17-4-3-5-21(12-17)38-2/h3-13,16H,14-15H2,1-2H3,(H,31,36)/t16-,28+/m0/s1. The molecule has 0 fully saturated rings. The van der Waals surface area contributed by atoms with Gasteiger partial charge in [0.1, 0.15) is 16.9 Å². The summed E-state index contributed by atoms with van der Waals surface area (Å²) < 4.78 is 7.01. The summed E-state index contributed by atoms with van der Waals surface area (Å²) in [6.45, 7) is 2.24. The van der Waals surface area contributed by atoms with Gasteiger partial charge in [0.25, 0.3) is 0 Å². The lowest BCUT2D eigenvalue weighted by Gasteiger charge is -2.31. The number of benzene rings is 3. The van der Waals surface area contributed by atoms with Crippen LogP contribution in [0.15, 0.2) is 66.7 Å². The molecule has 2 amide bonds. The van der Waals surface area contributed by atoms with Crippen molar-refractivity contribution in [2.75, 3.05) is 17.3 Å². The van der Waals surface area contributed by atoms with Gasteiger partial charge in [0.15, 0.2) is 5.82 Å². The predicted octanol–water partition coefficient (Wildman–Crippen LogP) is 5.38. The Morgan fingerprint density at radius 3 is 2.58 bits per heavy atom. The fourth-order valence-corrected chi connectivity index (χ4v) is 5.70. The third-order valence-corrected chi connectivity index (χ3v) is 7.78. The molecule has 1 N–H and O–H groups in total. The molecule has 192 valence electrons. The Morgan fingerprint density at radius 1 is 1.05 bits per heavy atom. The van der Waals surface area contributed by atoms with Crippen LogP contribution in [-0.2, 0) is 21.5 Å². The second-order valence-electron chi connectivity index (χ2n) is 9.49. The van der Waals surface area contributed by atoms with Crippen LogP contribution in [0.5, 0.6) is 5.75 Å². The van der Waals surface area contributed by atoms with Gasteiger partial charge >= 0.3 is 0 Å². The van der Waals surface area contributed by atoms with Crippen LogP contribution in [0, 0.1) is 0 Å². The third-order valence-electron chi connectivity index (χ3n) is 7.30. The van der Waals surface area contributed by atoms with Gasteiger partial charge in [0, 0.05) is 15.7 Å². The number of aromatic nitrogens is 3. The molecular formula is C28H23Cl2N5O3. The molecule has 0 unspecified atom stereocenters. The number of fused-ring (bicyclic) bond motifs is 4. The zero-order valence-electron chi connectivity index (χ0n) is 20.6. The first kappa shape index (κ1) is 24.5. The van der Waals surface area contributed by atoms with E-state index in [1.54, 1.807) is 41.0 Å². The summed E-state index contributed by atoms with van der Waals surface area (Å²) in [5.41, 5.74) is 2.19. The monoisotopic (exact) mass is 547 g/mol. The lowest BCUT2D eigenvalue weighted by Crippen LogP contribution is -2.47. The minimum atomic E-state index is -1.35. The van der Waals surface area contributed by atoms with Crippen LogP contribution in [0.3, 0.4) is 0 Å². The quantitative estimate of drug-likeness (QED) is 0.362. The highest BCUT2D eigenvalue weighted by atomic mass is 35.5. The lowest BCUT2D eigenvalue weighted by atomic mass is 9.73. The average molecular weight is 548 g/mol. The largest absolute Gasteiger partial charge is 0.497 e. The number of rotatable bonds is 5. The van der Waals surface area contributed by atoms with Gasteiger partial charge in [0.05, 0.1) is 26.1 Å². The molecule has 0 radical (unpaired) electrons. The summed E-state index contributed by atoms with van der Waals surface area (Å²) in [5.74, 6) is 0.539. The van der Waals surface area contributed by atoms with E-state index in [-0.39, 0.29) is 24.3 Å². The second-order valence-corrected chi connectivity index (χ2v) is 10.4. The van der Waals surface area contributed by atoms with Gasteiger partial charge < -0.3 is 15.0 Å². The molecule has 10 heteroatoms. The minimum absolute atomic E-state index is 0.102. The van der Waals surface area contributed by atoms with Gasteiger partial charge in [-0.25, -0.2) is 4.68 Å². The minimum Gasteiger partial charge on any atom is -0.497 e. The number of hydrogen-bond donors (Lipinski definition) is 1. The summed E-state index contributed by atoms with van der Waals surface area (Å²) in [6, 6.07) is 20.0. The summed E-state index contributed by atoms with van der Waals surface area (Å²) in [6.07, 6.45) is -0.102. The first-order valence-corrected chi connectivity index (χ1v) is 12.8. The highest BCUT2D eigenvalue weighted by molar-refractivity contribution is 6.31. The molecule has 2 aliphatic rings. The van der Waals surface area contributed by atoms with E-state index in [0.717, 1.165) is 11.1 Å². The maximum atomic E-state index is 14.4. The highest BCUT2D eigenvalue weighted by Crippen LogP contribution is 2.52. The summed E-state index contributed by atoms with van der Waals surface area (Å²) >= 11 is 12.5. The molecule has 3 heterocycles. The van der Waals surface area contributed by atoms with Gasteiger partial charge in [-0.2, -0.15) is 0 Å². The molecule has 6 rings (SSSR count). The Hall–Kier alpha value is -3.88. The van der Waals surface area contributed by atoms with Crippen molar-refractivity contribution in [1.29, 1.82) is 0 Å². The normalized spacial score (nSPS) is 18.8. The van der Waals surface area contributed by atoms with Crippen molar-refractivity contribution in [2.24, 2.45) is 0 Å². The van der Waals surface area contributed by atoms with Crippen LogP contribution in [0.25, 0.3) is 0 Å². The fraction of sp³-hybridized carbons (Fsp3) is 0.214. The number of carbonyl (C=O) groups excluding carboxylic acids is 2. The molecule has 2 aliphatic heterocycles. The van der Waals surface area contributed by atoms with Crippen molar-refractivity contribution in [3.63, 3.8) is 0 Å². The number of methoxy groups -OCH3 is 1. The van der Waals surface area contributed by atoms with Crippen LogP contribution in [0.2, 0.25) is 10.0 Å². The molecule has 0 bridgehead atoms. The Balaban J connectivity index is 1.48. The molecule has 1 aromatic heterocycles. The van der Waals surface area contributed by atoms with Gasteiger partial charge in [0.2, 0.25) is 11.8 Å². The number of carbonyl (C=O) groups is 2. The SMILES string of the molecule is COc1cccc(CN2C(=O)[C@]3(CC(=O)Nc4c3nnn4[C@@H](C)c3ccc(Cl)cc3)c3cc(Cl)ccc32)c1. The zero-order valence-corrected chi connectivity index (χ0v) is 22.1. The predicted molar refractivity (Wildman–Crippen MR) is 145 cm³/mol. The smallest absolute Gasteiger partial charge is 0.244 e. The van der Waals surface area contributed by atoms with Crippen LogP contribution in [0.1, 0.15) is 41.8 Å². The van der Waals surface area contributed by atoms with Crippen molar-refractivity contribution in [3.05, 3.63) is 99.2 Å². The summed E-state index contributed by atoms with van der Waals surface area (Å²) in [4.78, 5) is 29.3. The van der Waals surface area contributed by atoms with E-state index in [9.17, 15) is 9.59 Å². The Labute approximate surface area is 229 Å². The molecule has 38 heavy (non-hydrogen) atoms. The average Bonchev–Trinajstić information content (AvgIpc) is 3.43. The zero-order chi connectivity index (χ0) is 26.6. The van der Waals surface area contributed by atoms with Crippen LogP contribution in [0.4, 0.5) is 11.5 Å². The molecular weight excluding hydrogens is 525 g/mol. The van der Waals surface area contributed by atoms with Crippen molar-refractivity contribution in [1.82, 2.24) is 15.0 Å². The molecule has 4 aromatic rings. The molecule has 1 spiro atoms. The van der Waals surface area contributed by atoms with Crippen LogP contribution < -0.4 is 15.0 Å². The molecule has 0 aliphatic carbocycles. The van der Waals surface area contributed by atoms with Crippen molar-refractivity contribution < 1.29 is 14.3 Å². The van der Waals surface area contributed by atoms with Gasteiger partial charge in [-0.05, 0) is 66.1 Å². The van der Waals surface area contributed by atoms with Crippen LogP contribution >= 0.6 is 23.2 Å². The number of halogens is 2. The van der Waals surface area contributed by atoms with E-state index in [0.29, 0.717) is 45.1 Å². The van der Waals surface area contributed by atoms with Gasteiger partial charge in [-0.15, -0.1) is 5.10 Å². The second kappa shape index (κ2) is 9.15. The Kier molecular flexibility index (Phi) is 5.89. The number of anilines is 2.